The van der Waals surface area contributed by atoms with Crippen molar-refractivity contribution in [2.75, 3.05) is 5.32 Å². The zero-order chi connectivity index (χ0) is 16.4. The lowest BCUT2D eigenvalue weighted by molar-refractivity contribution is -0.115. The van der Waals surface area contributed by atoms with Gasteiger partial charge >= 0.3 is 0 Å². The summed E-state index contributed by atoms with van der Waals surface area (Å²) in [5.74, 6) is -0.566. The highest BCUT2D eigenvalue weighted by atomic mass is 32.1. The quantitative estimate of drug-likeness (QED) is 0.885. The van der Waals surface area contributed by atoms with E-state index in [-0.39, 0.29) is 5.91 Å². The van der Waals surface area contributed by atoms with Crippen molar-refractivity contribution in [3.8, 4) is 0 Å². The second-order valence-electron chi connectivity index (χ2n) is 5.82. The molecule has 120 valence electrons. The minimum absolute atomic E-state index is 0.114. The molecule has 5 heteroatoms. The van der Waals surface area contributed by atoms with Crippen LogP contribution >= 0.6 is 11.3 Å². The number of hydrogen-bond acceptors (Lipinski definition) is 3. The molecular weight excluding hydrogens is 308 g/mol. The number of primary amides is 1. The van der Waals surface area contributed by atoms with Crippen molar-refractivity contribution in [1.29, 1.82) is 0 Å². The van der Waals surface area contributed by atoms with Gasteiger partial charge in [-0.1, -0.05) is 31.2 Å². The van der Waals surface area contributed by atoms with E-state index in [1.54, 1.807) is 0 Å². The lowest BCUT2D eigenvalue weighted by Gasteiger charge is -2.06. The molecule has 2 aromatic rings. The van der Waals surface area contributed by atoms with Gasteiger partial charge in [-0.3, -0.25) is 9.59 Å². The summed E-state index contributed by atoms with van der Waals surface area (Å²) in [4.78, 5) is 25.2. The number of fused-ring (bicyclic) bond motifs is 1. The Labute approximate surface area is 139 Å². The second kappa shape index (κ2) is 6.54. The van der Waals surface area contributed by atoms with Gasteiger partial charge < -0.3 is 11.1 Å². The summed E-state index contributed by atoms with van der Waals surface area (Å²) in [5, 5.41) is 3.49. The van der Waals surface area contributed by atoms with Gasteiger partial charge in [0.05, 0.1) is 12.0 Å². The molecule has 0 fully saturated rings. The van der Waals surface area contributed by atoms with Gasteiger partial charge in [-0.15, -0.1) is 11.3 Å². The van der Waals surface area contributed by atoms with E-state index < -0.39 is 5.91 Å². The molecule has 0 spiro atoms. The average molecular weight is 328 g/mol. The van der Waals surface area contributed by atoms with Crippen molar-refractivity contribution in [2.45, 2.75) is 39.0 Å². The minimum Gasteiger partial charge on any atom is -0.365 e. The molecule has 0 radical (unpaired) electrons. The van der Waals surface area contributed by atoms with Crippen LogP contribution in [0.4, 0.5) is 5.00 Å². The lowest BCUT2D eigenvalue weighted by Crippen LogP contribution is -2.19. The molecule has 0 saturated carbocycles. The molecular formula is C18H20N2O2S. The summed E-state index contributed by atoms with van der Waals surface area (Å²) in [6.07, 6.45) is 4.17. The van der Waals surface area contributed by atoms with Crippen LogP contribution in [-0.4, -0.2) is 11.8 Å². The number of rotatable bonds is 5. The van der Waals surface area contributed by atoms with Gasteiger partial charge in [0, 0.05) is 4.88 Å². The molecule has 3 N–H and O–H groups in total. The van der Waals surface area contributed by atoms with Gasteiger partial charge in [0.25, 0.3) is 5.91 Å². The highest BCUT2D eigenvalue weighted by molar-refractivity contribution is 7.17. The number of aryl methyl sites for hydroxylation is 2. The van der Waals surface area contributed by atoms with Gasteiger partial charge in [0.2, 0.25) is 5.91 Å². The fraction of sp³-hybridized carbons (Fsp3) is 0.333. The molecule has 1 aromatic carbocycles. The maximum atomic E-state index is 12.3. The molecule has 4 nitrogen and oxygen atoms in total. The van der Waals surface area contributed by atoms with Gasteiger partial charge in [0.15, 0.2) is 0 Å². The normalized spacial score (nSPS) is 12.9. The van der Waals surface area contributed by atoms with Gasteiger partial charge in [-0.25, -0.2) is 0 Å². The van der Waals surface area contributed by atoms with Crippen LogP contribution in [0, 0.1) is 0 Å². The van der Waals surface area contributed by atoms with E-state index in [9.17, 15) is 9.59 Å². The predicted octanol–water partition coefficient (Wildman–Crippen LogP) is 3.08. The Bertz CT molecular complexity index is 747. The fourth-order valence-electron chi connectivity index (χ4n) is 3.00. The number of nitrogens with two attached hydrogens (primary N) is 1. The Morgan fingerprint density at radius 3 is 2.52 bits per heavy atom. The average Bonchev–Trinajstić information content (AvgIpc) is 3.07. The van der Waals surface area contributed by atoms with Gasteiger partial charge in [-0.05, 0) is 42.4 Å². The zero-order valence-electron chi connectivity index (χ0n) is 13.1. The molecule has 1 aliphatic rings. The van der Waals surface area contributed by atoms with Crippen LogP contribution in [0.15, 0.2) is 24.3 Å². The van der Waals surface area contributed by atoms with E-state index in [1.165, 1.54) is 21.8 Å². The first-order chi connectivity index (χ1) is 11.1. The van der Waals surface area contributed by atoms with Gasteiger partial charge in [0.1, 0.15) is 5.00 Å². The van der Waals surface area contributed by atoms with Crippen molar-refractivity contribution < 1.29 is 9.59 Å². The van der Waals surface area contributed by atoms with Crippen molar-refractivity contribution in [1.82, 2.24) is 0 Å². The van der Waals surface area contributed by atoms with Crippen LogP contribution in [0.2, 0.25) is 0 Å². The van der Waals surface area contributed by atoms with Crippen molar-refractivity contribution in [3.05, 3.63) is 51.4 Å². The van der Waals surface area contributed by atoms with E-state index in [0.29, 0.717) is 17.0 Å². The first kappa shape index (κ1) is 15.7. The molecule has 0 unspecified atom stereocenters. The van der Waals surface area contributed by atoms with Crippen LogP contribution in [0.1, 0.15) is 45.3 Å². The minimum atomic E-state index is -0.452. The molecule has 0 atom stereocenters. The molecule has 1 heterocycles. The molecule has 23 heavy (non-hydrogen) atoms. The van der Waals surface area contributed by atoms with E-state index in [4.69, 9.17) is 5.73 Å². The molecule has 1 aromatic heterocycles. The number of carbonyl (C=O) groups is 2. The number of thiophene rings is 1. The van der Waals surface area contributed by atoms with Gasteiger partial charge in [-0.2, -0.15) is 0 Å². The molecule has 0 bridgehead atoms. The molecule has 1 aliphatic carbocycles. The molecule has 2 amide bonds. The van der Waals surface area contributed by atoms with Crippen LogP contribution in [0.3, 0.4) is 0 Å². The monoisotopic (exact) mass is 328 g/mol. The summed E-state index contributed by atoms with van der Waals surface area (Å²) in [6.45, 7) is 2.10. The molecule has 0 saturated heterocycles. The van der Waals surface area contributed by atoms with Crippen molar-refractivity contribution >= 4 is 28.2 Å². The molecule has 3 rings (SSSR count). The Balaban J connectivity index is 1.74. The largest absolute Gasteiger partial charge is 0.365 e. The Morgan fingerprint density at radius 2 is 1.87 bits per heavy atom. The van der Waals surface area contributed by atoms with E-state index >= 15 is 0 Å². The van der Waals surface area contributed by atoms with Crippen molar-refractivity contribution in [2.24, 2.45) is 5.73 Å². The first-order valence-electron chi connectivity index (χ1n) is 7.90. The third-order valence-electron chi connectivity index (χ3n) is 4.22. The standard InChI is InChI=1S/C18H20N2O2S/c1-2-11-6-8-12(9-7-11)10-15(21)20-18-16(17(19)22)13-4-3-5-14(13)23-18/h6-9H,2-5,10H2,1H3,(H2,19,22)(H,20,21). The second-order valence-corrected chi connectivity index (χ2v) is 6.93. The maximum absolute atomic E-state index is 12.3. The van der Waals surface area contributed by atoms with Crippen LogP contribution in [0.5, 0.6) is 0 Å². The Hall–Kier alpha value is -2.14. The highest BCUT2D eigenvalue weighted by Gasteiger charge is 2.26. The molecule has 0 aliphatic heterocycles. The number of hydrogen-bond donors (Lipinski definition) is 2. The SMILES string of the molecule is CCc1ccc(CC(=O)Nc2sc3c(c2C(N)=O)CCC3)cc1. The summed E-state index contributed by atoms with van der Waals surface area (Å²) in [6, 6.07) is 8.03. The summed E-state index contributed by atoms with van der Waals surface area (Å²) in [7, 11) is 0. The summed E-state index contributed by atoms with van der Waals surface area (Å²) in [5.41, 5.74) is 9.26. The number of carbonyl (C=O) groups excluding carboxylic acids is 2. The number of benzene rings is 1. The first-order valence-corrected chi connectivity index (χ1v) is 8.72. The summed E-state index contributed by atoms with van der Waals surface area (Å²) < 4.78 is 0. The summed E-state index contributed by atoms with van der Waals surface area (Å²) >= 11 is 1.49. The topological polar surface area (TPSA) is 72.2 Å². The number of anilines is 1. The third kappa shape index (κ3) is 3.29. The fourth-order valence-corrected chi connectivity index (χ4v) is 4.31. The van der Waals surface area contributed by atoms with E-state index in [1.807, 2.05) is 24.3 Å². The van der Waals surface area contributed by atoms with Crippen LogP contribution in [0.25, 0.3) is 0 Å². The number of nitrogens with one attached hydrogen (secondary N) is 1. The maximum Gasteiger partial charge on any atom is 0.251 e. The van der Waals surface area contributed by atoms with E-state index in [0.717, 1.165) is 36.8 Å². The van der Waals surface area contributed by atoms with Crippen LogP contribution in [-0.2, 0) is 30.5 Å². The predicted molar refractivity (Wildman–Crippen MR) is 93.0 cm³/mol. The smallest absolute Gasteiger partial charge is 0.251 e. The van der Waals surface area contributed by atoms with Crippen molar-refractivity contribution in [3.63, 3.8) is 0 Å². The highest BCUT2D eigenvalue weighted by Crippen LogP contribution is 2.38. The van der Waals surface area contributed by atoms with Crippen LogP contribution < -0.4 is 11.1 Å². The third-order valence-corrected chi connectivity index (χ3v) is 5.42. The lowest BCUT2D eigenvalue weighted by atomic mass is 10.1. The van der Waals surface area contributed by atoms with E-state index in [2.05, 4.69) is 12.2 Å². The zero-order valence-corrected chi connectivity index (χ0v) is 14.0. The Morgan fingerprint density at radius 1 is 1.17 bits per heavy atom. The number of amides is 2. The Kier molecular flexibility index (Phi) is 4.48.